The maximum absolute atomic E-state index is 12.1. The van der Waals surface area contributed by atoms with Crippen LogP contribution >= 0.6 is 11.3 Å². The van der Waals surface area contributed by atoms with E-state index in [0.717, 1.165) is 34.0 Å². The standard InChI is InChI=1S/C21H26N4O2S/c1-13-9-18(11-22-15(13)3)7-8-19-16(4)24-21(28-19)25-20(26)23-10-14(2)27-12-17-5-6-17/h9,11,14,17H,5-6,10,12H2,1-4H3,(H2,23,24,25,26)/t14-/m0/s1. The van der Waals surface area contributed by atoms with Gasteiger partial charge in [-0.3, -0.25) is 10.3 Å². The summed E-state index contributed by atoms with van der Waals surface area (Å²) in [4.78, 5) is 21.6. The molecular formula is C21H26N4O2S. The Kier molecular flexibility index (Phi) is 6.65. The van der Waals surface area contributed by atoms with E-state index >= 15 is 0 Å². The number of nitrogens with one attached hydrogen (secondary N) is 2. The molecule has 0 bridgehead atoms. The van der Waals surface area contributed by atoms with E-state index in [1.165, 1.54) is 24.2 Å². The predicted octanol–water partition coefficient (Wildman–Crippen LogP) is 3.80. The summed E-state index contributed by atoms with van der Waals surface area (Å²) in [6.45, 7) is 9.10. The van der Waals surface area contributed by atoms with Crippen molar-refractivity contribution in [3.63, 3.8) is 0 Å². The van der Waals surface area contributed by atoms with E-state index in [1.807, 2.05) is 33.8 Å². The van der Waals surface area contributed by atoms with Crippen LogP contribution in [0.15, 0.2) is 12.3 Å². The Hall–Kier alpha value is -2.43. The lowest BCUT2D eigenvalue weighted by Gasteiger charge is -2.13. The molecule has 7 heteroatoms. The third kappa shape index (κ3) is 6.04. The van der Waals surface area contributed by atoms with Crippen molar-refractivity contribution in [2.24, 2.45) is 5.92 Å². The molecule has 1 atom stereocenters. The van der Waals surface area contributed by atoms with Crippen molar-refractivity contribution in [2.45, 2.75) is 46.6 Å². The fourth-order valence-electron chi connectivity index (χ4n) is 2.43. The van der Waals surface area contributed by atoms with Crippen molar-refractivity contribution >= 4 is 22.5 Å². The molecule has 6 nitrogen and oxygen atoms in total. The number of anilines is 1. The molecule has 0 spiro atoms. The van der Waals surface area contributed by atoms with E-state index in [4.69, 9.17) is 4.74 Å². The Bertz CT molecular complexity index is 909. The summed E-state index contributed by atoms with van der Waals surface area (Å²) in [5.74, 6) is 6.96. The maximum Gasteiger partial charge on any atom is 0.321 e. The molecule has 1 aliphatic carbocycles. The normalized spacial score (nSPS) is 14.1. The van der Waals surface area contributed by atoms with Gasteiger partial charge in [-0.05, 0) is 64.0 Å². The van der Waals surface area contributed by atoms with Gasteiger partial charge in [0, 0.05) is 30.6 Å². The molecule has 148 valence electrons. The SMILES string of the molecule is Cc1cc(C#Cc2sc(NC(=O)NC[C@H](C)OCC3CC3)nc2C)cnc1C. The van der Waals surface area contributed by atoms with E-state index in [2.05, 4.69) is 32.4 Å². The van der Waals surface area contributed by atoms with Gasteiger partial charge >= 0.3 is 6.03 Å². The molecular weight excluding hydrogens is 372 g/mol. The highest BCUT2D eigenvalue weighted by molar-refractivity contribution is 7.16. The molecule has 3 rings (SSSR count). The van der Waals surface area contributed by atoms with Crippen LogP contribution in [0.4, 0.5) is 9.93 Å². The maximum atomic E-state index is 12.1. The summed E-state index contributed by atoms with van der Waals surface area (Å²) >= 11 is 1.36. The van der Waals surface area contributed by atoms with Crippen molar-refractivity contribution in [1.29, 1.82) is 0 Å². The van der Waals surface area contributed by atoms with Crippen molar-refractivity contribution in [1.82, 2.24) is 15.3 Å². The first-order valence-corrected chi connectivity index (χ1v) is 10.3. The van der Waals surface area contributed by atoms with Crippen LogP contribution in [-0.2, 0) is 4.74 Å². The Labute approximate surface area is 170 Å². The van der Waals surface area contributed by atoms with E-state index in [1.54, 1.807) is 6.20 Å². The molecule has 1 aliphatic rings. The molecule has 2 heterocycles. The van der Waals surface area contributed by atoms with Gasteiger partial charge in [0.25, 0.3) is 0 Å². The minimum atomic E-state index is -0.284. The zero-order chi connectivity index (χ0) is 20.1. The Morgan fingerprint density at radius 2 is 2.11 bits per heavy atom. The Morgan fingerprint density at radius 1 is 1.32 bits per heavy atom. The van der Waals surface area contributed by atoms with Gasteiger partial charge in [-0.25, -0.2) is 9.78 Å². The number of pyridine rings is 1. The summed E-state index contributed by atoms with van der Waals surface area (Å²) in [7, 11) is 0. The number of nitrogens with zero attached hydrogens (tertiary/aromatic N) is 2. The molecule has 1 fully saturated rings. The molecule has 2 N–H and O–H groups in total. The number of carbonyl (C=O) groups excluding carboxylic acids is 1. The molecule has 28 heavy (non-hydrogen) atoms. The summed E-state index contributed by atoms with van der Waals surface area (Å²) < 4.78 is 5.70. The van der Waals surface area contributed by atoms with E-state index in [0.29, 0.717) is 17.6 Å². The van der Waals surface area contributed by atoms with Crippen LogP contribution in [-0.4, -0.2) is 35.3 Å². The zero-order valence-corrected chi connectivity index (χ0v) is 17.6. The van der Waals surface area contributed by atoms with Crippen LogP contribution in [0.2, 0.25) is 0 Å². The lowest BCUT2D eigenvalue weighted by atomic mass is 10.1. The lowest BCUT2D eigenvalue weighted by Crippen LogP contribution is -2.35. The molecule has 0 aromatic carbocycles. The fourth-order valence-corrected chi connectivity index (χ4v) is 3.24. The summed E-state index contributed by atoms with van der Waals surface area (Å²) in [6.07, 6.45) is 4.28. The minimum Gasteiger partial charge on any atom is -0.376 e. The second kappa shape index (κ2) is 9.18. The van der Waals surface area contributed by atoms with Crippen LogP contribution < -0.4 is 10.6 Å². The number of aryl methyl sites for hydroxylation is 3. The van der Waals surface area contributed by atoms with E-state index in [-0.39, 0.29) is 12.1 Å². The number of ether oxygens (including phenoxy) is 1. The molecule has 0 aliphatic heterocycles. The number of carbonyl (C=O) groups is 1. The van der Waals surface area contributed by atoms with Gasteiger partial charge < -0.3 is 10.1 Å². The average Bonchev–Trinajstić information content (AvgIpc) is 3.42. The Morgan fingerprint density at radius 3 is 2.82 bits per heavy atom. The van der Waals surface area contributed by atoms with Gasteiger partial charge in [-0.1, -0.05) is 17.3 Å². The number of aromatic nitrogens is 2. The van der Waals surface area contributed by atoms with E-state index in [9.17, 15) is 4.79 Å². The monoisotopic (exact) mass is 398 g/mol. The molecule has 0 unspecified atom stereocenters. The van der Waals surface area contributed by atoms with Gasteiger partial charge in [0.05, 0.1) is 11.8 Å². The average molecular weight is 399 g/mol. The van der Waals surface area contributed by atoms with Crippen molar-refractivity contribution in [3.05, 3.63) is 39.7 Å². The third-order valence-electron chi connectivity index (χ3n) is 4.54. The van der Waals surface area contributed by atoms with Crippen LogP contribution in [0.5, 0.6) is 0 Å². The third-order valence-corrected chi connectivity index (χ3v) is 5.53. The topological polar surface area (TPSA) is 76.1 Å². The molecule has 2 aromatic rings. The highest BCUT2D eigenvalue weighted by Crippen LogP contribution is 2.29. The van der Waals surface area contributed by atoms with Gasteiger partial charge in [0.15, 0.2) is 5.13 Å². The molecule has 2 amide bonds. The molecule has 1 saturated carbocycles. The van der Waals surface area contributed by atoms with Crippen LogP contribution in [0.1, 0.15) is 47.2 Å². The highest BCUT2D eigenvalue weighted by atomic mass is 32.1. The second-order valence-corrected chi connectivity index (χ2v) is 8.23. The lowest BCUT2D eigenvalue weighted by molar-refractivity contribution is 0.0601. The highest BCUT2D eigenvalue weighted by Gasteiger charge is 2.22. The van der Waals surface area contributed by atoms with Crippen LogP contribution in [0, 0.1) is 38.5 Å². The number of hydrogen-bond donors (Lipinski definition) is 2. The largest absolute Gasteiger partial charge is 0.376 e. The fraction of sp³-hybridized carbons (Fsp3) is 0.476. The molecule has 0 saturated heterocycles. The summed E-state index contributed by atoms with van der Waals surface area (Å²) in [6, 6.07) is 1.73. The predicted molar refractivity (Wildman–Crippen MR) is 112 cm³/mol. The van der Waals surface area contributed by atoms with Crippen LogP contribution in [0.3, 0.4) is 0 Å². The number of thiazole rings is 1. The first kappa shape index (κ1) is 20.3. The van der Waals surface area contributed by atoms with Crippen molar-refractivity contribution in [2.75, 3.05) is 18.5 Å². The summed E-state index contributed by atoms with van der Waals surface area (Å²) in [5, 5.41) is 6.12. The van der Waals surface area contributed by atoms with Crippen molar-refractivity contribution < 1.29 is 9.53 Å². The van der Waals surface area contributed by atoms with Gasteiger partial charge in [0.2, 0.25) is 0 Å². The molecule has 0 radical (unpaired) electrons. The Balaban J connectivity index is 1.52. The number of hydrogen-bond acceptors (Lipinski definition) is 5. The van der Waals surface area contributed by atoms with Gasteiger partial charge in [-0.15, -0.1) is 0 Å². The quantitative estimate of drug-likeness (QED) is 0.726. The zero-order valence-electron chi connectivity index (χ0n) is 16.8. The number of rotatable bonds is 6. The molecule has 2 aromatic heterocycles. The first-order chi connectivity index (χ1) is 13.4. The smallest absolute Gasteiger partial charge is 0.321 e. The van der Waals surface area contributed by atoms with Gasteiger partial charge in [0.1, 0.15) is 4.88 Å². The summed E-state index contributed by atoms with van der Waals surface area (Å²) in [5.41, 5.74) is 3.78. The van der Waals surface area contributed by atoms with Crippen molar-refractivity contribution in [3.8, 4) is 11.8 Å². The number of amides is 2. The van der Waals surface area contributed by atoms with E-state index < -0.39 is 0 Å². The second-order valence-electron chi connectivity index (χ2n) is 7.23. The first-order valence-electron chi connectivity index (χ1n) is 9.50. The van der Waals surface area contributed by atoms with Gasteiger partial charge in [-0.2, -0.15) is 0 Å². The van der Waals surface area contributed by atoms with Crippen LogP contribution in [0.25, 0.3) is 0 Å². The minimum absolute atomic E-state index is 0.00242. The number of urea groups is 1.